The topological polar surface area (TPSA) is 46.1 Å². The number of benzene rings is 2. The third-order valence-corrected chi connectivity index (χ3v) is 4.08. The zero-order valence-corrected chi connectivity index (χ0v) is 18.9. The van der Waals surface area contributed by atoms with E-state index in [1.165, 1.54) is 16.7 Å². The second-order valence-electron chi connectivity index (χ2n) is 6.04. The minimum Gasteiger partial charge on any atom is -0.494 e. The summed E-state index contributed by atoms with van der Waals surface area (Å²) < 4.78 is 10.8. The van der Waals surface area contributed by atoms with Crippen LogP contribution in [0.25, 0.3) is 0 Å². The molecular weight excluding hydrogens is 453 g/mol. The van der Waals surface area contributed by atoms with Crippen LogP contribution in [-0.2, 0) is 24.4 Å². The highest BCUT2D eigenvalue weighted by Gasteiger charge is 2.08. The number of halogens is 1. The maximum atomic E-state index is 5.49. The summed E-state index contributed by atoms with van der Waals surface area (Å²) in [5.74, 6) is 1.75. The first-order valence-electron chi connectivity index (χ1n) is 8.87. The Bertz CT molecular complexity index is 705. The Labute approximate surface area is 179 Å². The molecule has 0 radical (unpaired) electrons. The van der Waals surface area contributed by atoms with Crippen LogP contribution in [-0.4, -0.2) is 38.7 Å². The lowest BCUT2D eigenvalue weighted by atomic mass is 10.1. The molecule has 5 nitrogen and oxygen atoms in total. The molecule has 0 heterocycles. The van der Waals surface area contributed by atoms with Gasteiger partial charge in [-0.3, -0.25) is 4.99 Å². The van der Waals surface area contributed by atoms with Crippen molar-refractivity contribution in [1.29, 1.82) is 0 Å². The van der Waals surface area contributed by atoms with E-state index in [1.807, 2.05) is 38.2 Å². The maximum absolute atomic E-state index is 5.49. The number of hydrogen-bond donors (Lipinski definition) is 1. The lowest BCUT2D eigenvalue weighted by molar-refractivity contribution is 0.184. The van der Waals surface area contributed by atoms with Gasteiger partial charge in [-0.2, -0.15) is 0 Å². The molecule has 0 aliphatic heterocycles. The van der Waals surface area contributed by atoms with Gasteiger partial charge in [-0.1, -0.05) is 36.4 Å². The third kappa shape index (κ3) is 7.38. The lowest BCUT2D eigenvalue weighted by Gasteiger charge is -2.23. The van der Waals surface area contributed by atoms with Crippen LogP contribution in [0.1, 0.15) is 23.6 Å². The number of guanidine groups is 1. The Morgan fingerprint density at radius 1 is 1.07 bits per heavy atom. The van der Waals surface area contributed by atoms with Gasteiger partial charge < -0.3 is 19.7 Å². The fourth-order valence-electron chi connectivity index (χ4n) is 2.79. The lowest BCUT2D eigenvalue weighted by Crippen LogP contribution is -2.38. The molecule has 0 spiro atoms. The molecule has 0 amide bonds. The van der Waals surface area contributed by atoms with Gasteiger partial charge in [-0.25, -0.2) is 0 Å². The molecule has 2 aromatic rings. The van der Waals surface area contributed by atoms with Crippen LogP contribution >= 0.6 is 24.0 Å². The minimum atomic E-state index is 0. The van der Waals surface area contributed by atoms with Crippen molar-refractivity contribution in [3.8, 4) is 5.75 Å². The summed E-state index contributed by atoms with van der Waals surface area (Å²) in [6, 6.07) is 16.5. The average molecular weight is 483 g/mol. The van der Waals surface area contributed by atoms with E-state index in [-0.39, 0.29) is 24.0 Å². The Morgan fingerprint density at radius 3 is 2.33 bits per heavy atom. The smallest absolute Gasteiger partial charge is 0.193 e. The van der Waals surface area contributed by atoms with Crippen LogP contribution in [0.5, 0.6) is 5.75 Å². The molecule has 148 valence electrons. The van der Waals surface area contributed by atoms with Gasteiger partial charge >= 0.3 is 0 Å². The highest BCUT2D eigenvalue weighted by atomic mass is 127. The average Bonchev–Trinajstić information content (AvgIpc) is 2.65. The molecule has 0 saturated heterocycles. The van der Waals surface area contributed by atoms with Crippen molar-refractivity contribution >= 4 is 29.9 Å². The summed E-state index contributed by atoms with van der Waals surface area (Å²) in [6.07, 6.45) is 0. The number of methoxy groups -OCH3 is 1. The van der Waals surface area contributed by atoms with E-state index in [4.69, 9.17) is 9.47 Å². The first-order valence-corrected chi connectivity index (χ1v) is 8.87. The van der Waals surface area contributed by atoms with Crippen molar-refractivity contribution in [1.82, 2.24) is 10.2 Å². The van der Waals surface area contributed by atoms with Crippen molar-refractivity contribution in [3.63, 3.8) is 0 Å². The van der Waals surface area contributed by atoms with Crippen LogP contribution in [0.2, 0.25) is 0 Å². The Kier molecular flexibility index (Phi) is 10.8. The second-order valence-corrected chi connectivity index (χ2v) is 6.04. The summed E-state index contributed by atoms with van der Waals surface area (Å²) >= 11 is 0. The van der Waals surface area contributed by atoms with Crippen LogP contribution in [0.4, 0.5) is 0 Å². The van der Waals surface area contributed by atoms with E-state index in [0.717, 1.165) is 18.3 Å². The molecule has 6 heteroatoms. The highest BCUT2D eigenvalue weighted by Crippen LogP contribution is 2.14. The fourth-order valence-corrected chi connectivity index (χ4v) is 2.79. The van der Waals surface area contributed by atoms with Gasteiger partial charge in [-0.05, 0) is 35.7 Å². The number of aliphatic imine (C=N–C) groups is 1. The standard InChI is InChI=1S/C21H29N3O2.HI/c1-5-26-20-12-10-17(11-13-20)15-24(3)21(22-2)23-14-18-8-6-7-9-19(18)16-25-4;/h6-13H,5,14-16H2,1-4H3,(H,22,23);1H. The van der Waals surface area contributed by atoms with Crippen molar-refractivity contribution in [2.45, 2.75) is 26.6 Å². The van der Waals surface area contributed by atoms with Crippen molar-refractivity contribution in [3.05, 3.63) is 65.2 Å². The third-order valence-electron chi connectivity index (χ3n) is 4.08. The van der Waals surface area contributed by atoms with E-state index < -0.39 is 0 Å². The molecule has 0 bridgehead atoms. The number of nitrogens with one attached hydrogen (secondary N) is 1. The molecule has 0 aliphatic rings. The molecule has 27 heavy (non-hydrogen) atoms. The molecule has 0 saturated carbocycles. The molecule has 0 aromatic heterocycles. The predicted molar refractivity (Wildman–Crippen MR) is 122 cm³/mol. The first-order chi connectivity index (χ1) is 12.7. The van der Waals surface area contributed by atoms with E-state index in [0.29, 0.717) is 19.8 Å². The molecule has 0 aliphatic carbocycles. The van der Waals surface area contributed by atoms with E-state index in [1.54, 1.807) is 14.2 Å². The largest absolute Gasteiger partial charge is 0.494 e. The highest BCUT2D eigenvalue weighted by molar-refractivity contribution is 14.0. The number of nitrogens with zero attached hydrogens (tertiary/aromatic N) is 2. The van der Waals surface area contributed by atoms with E-state index >= 15 is 0 Å². The number of rotatable bonds is 8. The summed E-state index contributed by atoms with van der Waals surface area (Å²) in [5.41, 5.74) is 3.61. The quantitative estimate of drug-likeness (QED) is 0.350. The minimum absolute atomic E-state index is 0. The van der Waals surface area contributed by atoms with Gasteiger partial charge in [0.1, 0.15) is 5.75 Å². The summed E-state index contributed by atoms with van der Waals surface area (Å²) in [7, 11) is 5.55. The Balaban J connectivity index is 0.00000364. The summed E-state index contributed by atoms with van der Waals surface area (Å²) in [5, 5.41) is 3.43. The van der Waals surface area contributed by atoms with Gasteiger partial charge in [0, 0.05) is 34.3 Å². The Morgan fingerprint density at radius 2 is 1.74 bits per heavy atom. The number of hydrogen-bond acceptors (Lipinski definition) is 3. The molecule has 1 N–H and O–H groups in total. The van der Waals surface area contributed by atoms with Crippen molar-refractivity contribution < 1.29 is 9.47 Å². The van der Waals surface area contributed by atoms with E-state index in [2.05, 4.69) is 39.5 Å². The van der Waals surface area contributed by atoms with Gasteiger partial charge in [0.15, 0.2) is 5.96 Å². The normalized spacial score (nSPS) is 10.9. The van der Waals surface area contributed by atoms with E-state index in [9.17, 15) is 0 Å². The molecular formula is C21H30IN3O2. The molecule has 0 unspecified atom stereocenters. The Hall–Kier alpha value is -1.80. The van der Waals surface area contributed by atoms with Gasteiger partial charge in [-0.15, -0.1) is 24.0 Å². The van der Waals surface area contributed by atoms with Gasteiger partial charge in [0.05, 0.1) is 13.2 Å². The fraction of sp³-hybridized carbons (Fsp3) is 0.381. The van der Waals surface area contributed by atoms with Crippen molar-refractivity contribution in [2.24, 2.45) is 4.99 Å². The summed E-state index contributed by atoms with van der Waals surface area (Å²) in [4.78, 5) is 6.50. The second kappa shape index (κ2) is 12.6. The zero-order chi connectivity index (χ0) is 18.8. The maximum Gasteiger partial charge on any atom is 0.193 e. The SMILES string of the molecule is CCOc1ccc(CN(C)C(=NC)NCc2ccccc2COC)cc1.I. The molecule has 2 aromatic carbocycles. The predicted octanol–water partition coefficient (Wildman–Crippen LogP) is 4.06. The zero-order valence-electron chi connectivity index (χ0n) is 16.6. The number of ether oxygens (including phenoxy) is 2. The van der Waals surface area contributed by atoms with Gasteiger partial charge in [0.25, 0.3) is 0 Å². The summed E-state index contributed by atoms with van der Waals surface area (Å²) in [6.45, 7) is 4.76. The molecule has 0 atom stereocenters. The van der Waals surface area contributed by atoms with Crippen molar-refractivity contribution in [2.75, 3.05) is 27.8 Å². The monoisotopic (exact) mass is 483 g/mol. The van der Waals surface area contributed by atoms with Crippen LogP contribution < -0.4 is 10.1 Å². The van der Waals surface area contributed by atoms with Crippen LogP contribution in [0.3, 0.4) is 0 Å². The van der Waals surface area contributed by atoms with Gasteiger partial charge in [0.2, 0.25) is 0 Å². The van der Waals surface area contributed by atoms with Crippen LogP contribution in [0.15, 0.2) is 53.5 Å². The van der Waals surface area contributed by atoms with Crippen LogP contribution in [0, 0.1) is 0 Å². The molecule has 0 fully saturated rings. The first kappa shape index (κ1) is 23.2. The molecule has 2 rings (SSSR count).